The number of hydrogen-bond donors (Lipinski definition) is 2. The lowest BCUT2D eigenvalue weighted by Crippen LogP contribution is -2.11. The first-order chi connectivity index (χ1) is 8.79. The van der Waals surface area contributed by atoms with E-state index in [1.165, 1.54) is 6.39 Å². The Hall–Kier alpha value is -2.14. The summed E-state index contributed by atoms with van der Waals surface area (Å²) in [7, 11) is 0. The summed E-state index contributed by atoms with van der Waals surface area (Å²) in [5.41, 5.74) is 1.55. The van der Waals surface area contributed by atoms with Crippen molar-refractivity contribution in [2.45, 2.75) is 12.8 Å². The number of aliphatic hydroxyl groups excluding tert-OH is 1. The molecule has 0 spiro atoms. The zero-order valence-electron chi connectivity index (χ0n) is 9.80. The number of carbonyl (C=O) groups excluding carboxylic acids is 1. The molecule has 2 rings (SSSR count). The smallest absolute Gasteiger partial charge is 0.224 e. The van der Waals surface area contributed by atoms with Crippen LogP contribution in [0.4, 0.5) is 5.69 Å². The van der Waals surface area contributed by atoms with Crippen LogP contribution in [0.3, 0.4) is 0 Å². The van der Waals surface area contributed by atoms with E-state index in [4.69, 9.17) is 9.52 Å². The first-order valence-electron chi connectivity index (χ1n) is 5.69. The van der Waals surface area contributed by atoms with Gasteiger partial charge in [-0.25, -0.2) is 4.98 Å². The number of aliphatic hydroxyl groups is 1. The van der Waals surface area contributed by atoms with Crippen LogP contribution in [0.15, 0.2) is 41.3 Å². The van der Waals surface area contributed by atoms with Crippen molar-refractivity contribution in [1.82, 2.24) is 4.98 Å². The third kappa shape index (κ3) is 3.18. The minimum atomic E-state index is -0.112. The third-order valence-electron chi connectivity index (χ3n) is 2.43. The molecule has 0 unspecified atom stereocenters. The number of oxazole rings is 1. The van der Waals surface area contributed by atoms with Crippen LogP contribution in [0.25, 0.3) is 11.3 Å². The molecule has 2 aromatic rings. The molecule has 1 aromatic carbocycles. The highest BCUT2D eigenvalue weighted by Crippen LogP contribution is 2.22. The molecule has 1 heterocycles. The molecular weight excluding hydrogens is 232 g/mol. The van der Waals surface area contributed by atoms with E-state index in [1.807, 2.05) is 18.2 Å². The lowest BCUT2D eigenvalue weighted by molar-refractivity contribution is -0.116. The summed E-state index contributed by atoms with van der Waals surface area (Å²) in [4.78, 5) is 15.4. The van der Waals surface area contributed by atoms with Gasteiger partial charge in [0.15, 0.2) is 12.2 Å². The lowest BCUT2D eigenvalue weighted by atomic mass is 10.1. The average Bonchev–Trinajstić information content (AvgIpc) is 2.90. The molecule has 0 aliphatic heterocycles. The predicted molar refractivity (Wildman–Crippen MR) is 66.9 cm³/mol. The summed E-state index contributed by atoms with van der Waals surface area (Å²) in [6, 6.07) is 7.33. The molecule has 5 heteroatoms. The largest absolute Gasteiger partial charge is 0.444 e. The average molecular weight is 246 g/mol. The van der Waals surface area contributed by atoms with E-state index < -0.39 is 0 Å². The zero-order chi connectivity index (χ0) is 12.8. The minimum absolute atomic E-state index is 0.0194. The van der Waals surface area contributed by atoms with Crippen molar-refractivity contribution in [3.63, 3.8) is 0 Å². The Morgan fingerprint density at radius 2 is 2.33 bits per heavy atom. The summed E-state index contributed by atoms with van der Waals surface area (Å²) < 4.78 is 5.19. The van der Waals surface area contributed by atoms with Crippen molar-refractivity contribution in [1.29, 1.82) is 0 Å². The second-order valence-corrected chi connectivity index (χ2v) is 3.82. The SMILES string of the molecule is O=C(CCCO)Nc1cccc(-c2cnco2)c1. The van der Waals surface area contributed by atoms with E-state index in [1.54, 1.807) is 12.3 Å². The number of anilines is 1. The standard InChI is InChI=1S/C13H14N2O3/c16-6-2-5-13(17)15-11-4-1-3-10(7-11)12-8-14-9-18-12/h1,3-4,7-9,16H,2,5-6H2,(H,15,17). The Bertz CT molecular complexity index is 509. The number of aromatic nitrogens is 1. The molecular formula is C13H14N2O3. The maximum absolute atomic E-state index is 11.5. The van der Waals surface area contributed by atoms with Gasteiger partial charge in [0.2, 0.25) is 5.91 Å². The van der Waals surface area contributed by atoms with Crippen molar-refractivity contribution in [3.8, 4) is 11.3 Å². The van der Waals surface area contributed by atoms with Gasteiger partial charge in [0.25, 0.3) is 0 Å². The normalized spacial score (nSPS) is 10.3. The van der Waals surface area contributed by atoms with Crippen LogP contribution in [0.2, 0.25) is 0 Å². The van der Waals surface area contributed by atoms with Crippen molar-refractivity contribution in [2.75, 3.05) is 11.9 Å². The van der Waals surface area contributed by atoms with Crippen molar-refractivity contribution in [2.24, 2.45) is 0 Å². The van der Waals surface area contributed by atoms with Gasteiger partial charge in [0.05, 0.1) is 6.20 Å². The molecule has 18 heavy (non-hydrogen) atoms. The van der Waals surface area contributed by atoms with E-state index in [-0.39, 0.29) is 12.5 Å². The van der Waals surface area contributed by atoms with Gasteiger partial charge >= 0.3 is 0 Å². The monoisotopic (exact) mass is 246 g/mol. The summed E-state index contributed by atoms with van der Waals surface area (Å²) in [6.45, 7) is 0.0194. The molecule has 1 aromatic heterocycles. The summed E-state index contributed by atoms with van der Waals surface area (Å²) in [6.07, 6.45) is 3.76. The molecule has 2 N–H and O–H groups in total. The summed E-state index contributed by atoms with van der Waals surface area (Å²) in [5, 5.41) is 11.4. The van der Waals surface area contributed by atoms with Crippen LogP contribution in [0.5, 0.6) is 0 Å². The van der Waals surface area contributed by atoms with Crippen LogP contribution >= 0.6 is 0 Å². The Kier molecular flexibility index (Phi) is 4.09. The molecule has 0 aliphatic rings. The minimum Gasteiger partial charge on any atom is -0.444 e. The number of hydrogen-bond acceptors (Lipinski definition) is 4. The molecule has 0 atom stereocenters. The second-order valence-electron chi connectivity index (χ2n) is 3.82. The topological polar surface area (TPSA) is 75.4 Å². The van der Waals surface area contributed by atoms with Gasteiger partial charge < -0.3 is 14.8 Å². The highest BCUT2D eigenvalue weighted by molar-refractivity contribution is 5.91. The number of amides is 1. The van der Waals surface area contributed by atoms with Gasteiger partial charge in [-0.05, 0) is 18.6 Å². The Balaban J connectivity index is 2.06. The molecule has 0 radical (unpaired) electrons. The van der Waals surface area contributed by atoms with Gasteiger partial charge in [0.1, 0.15) is 0 Å². The Labute approximate surface area is 104 Å². The molecule has 0 bridgehead atoms. The van der Waals surface area contributed by atoms with Crippen LogP contribution < -0.4 is 5.32 Å². The van der Waals surface area contributed by atoms with E-state index in [0.717, 1.165) is 5.56 Å². The third-order valence-corrected chi connectivity index (χ3v) is 2.43. The molecule has 5 nitrogen and oxygen atoms in total. The first kappa shape index (κ1) is 12.3. The van der Waals surface area contributed by atoms with Gasteiger partial charge in [-0.2, -0.15) is 0 Å². The number of carbonyl (C=O) groups is 1. The highest BCUT2D eigenvalue weighted by Gasteiger charge is 2.05. The molecule has 94 valence electrons. The van der Waals surface area contributed by atoms with Gasteiger partial charge in [0, 0.05) is 24.3 Å². The Morgan fingerprint density at radius 3 is 3.06 bits per heavy atom. The van der Waals surface area contributed by atoms with Crippen LogP contribution in [0.1, 0.15) is 12.8 Å². The van der Waals surface area contributed by atoms with E-state index in [0.29, 0.717) is 24.3 Å². The van der Waals surface area contributed by atoms with Crippen LogP contribution in [0, 0.1) is 0 Å². The number of nitrogens with one attached hydrogen (secondary N) is 1. The lowest BCUT2D eigenvalue weighted by Gasteiger charge is -2.05. The van der Waals surface area contributed by atoms with E-state index >= 15 is 0 Å². The van der Waals surface area contributed by atoms with Crippen molar-refractivity contribution in [3.05, 3.63) is 36.9 Å². The Morgan fingerprint density at radius 1 is 1.44 bits per heavy atom. The summed E-state index contributed by atoms with van der Waals surface area (Å²) >= 11 is 0. The number of nitrogens with zero attached hydrogens (tertiary/aromatic N) is 1. The quantitative estimate of drug-likeness (QED) is 0.846. The molecule has 0 saturated carbocycles. The second kappa shape index (κ2) is 5.97. The summed E-state index contributed by atoms with van der Waals surface area (Å²) in [5.74, 6) is 0.542. The van der Waals surface area contributed by atoms with E-state index in [9.17, 15) is 4.79 Å². The maximum atomic E-state index is 11.5. The van der Waals surface area contributed by atoms with Gasteiger partial charge in [-0.3, -0.25) is 4.79 Å². The van der Waals surface area contributed by atoms with Gasteiger partial charge in [-0.15, -0.1) is 0 Å². The van der Waals surface area contributed by atoms with Gasteiger partial charge in [-0.1, -0.05) is 12.1 Å². The molecule has 0 fully saturated rings. The molecule has 0 aliphatic carbocycles. The van der Waals surface area contributed by atoms with E-state index in [2.05, 4.69) is 10.3 Å². The number of rotatable bonds is 5. The highest BCUT2D eigenvalue weighted by atomic mass is 16.3. The molecule has 0 saturated heterocycles. The first-order valence-corrected chi connectivity index (χ1v) is 5.69. The van der Waals surface area contributed by atoms with Crippen LogP contribution in [-0.4, -0.2) is 22.6 Å². The maximum Gasteiger partial charge on any atom is 0.224 e. The fraction of sp³-hybridized carbons (Fsp3) is 0.231. The molecule has 1 amide bonds. The predicted octanol–water partition coefficient (Wildman–Crippen LogP) is 2.05. The van der Waals surface area contributed by atoms with Crippen LogP contribution in [-0.2, 0) is 4.79 Å². The zero-order valence-corrected chi connectivity index (χ0v) is 9.80. The number of benzene rings is 1. The fourth-order valence-electron chi connectivity index (χ4n) is 1.57. The van der Waals surface area contributed by atoms with Crippen molar-refractivity contribution >= 4 is 11.6 Å². The fourth-order valence-corrected chi connectivity index (χ4v) is 1.57. The van der Waals surface area contributed by atoms with Crippen molar-refractivity contribution < 1.29 is 14.3 Å².